The van der Waals surface area contributed by atoms with E-state index in [1.54, 1.807) is 0 Å². The van der Waals surface area contributed by atoms with Crippen molar-refractivity contribution in [2.45, 2.75) is 32.6 Å². The molecule has 0 aliphatic carbocycles. The summed E-state index contributed by atoms with van der Waals surface area (Å²) in [4.78, 5) is 9.21. The summed E-state index contributed by atoms with van der Waals surface area (Å²) in [6.07, 6.45) is 2.03. The maximum Gasteiger partial charge on any atom is 0.136 e. The monoisotopic (exact) mass is 235 g/mol. The Morgan fingerprint density at radius 1 is 1.47 bits per heavy atom. The van der Waals surface area contributed by atoms with Gasteiger partial charge in [0.15, 0.2) is 0 Å². The van der Waals surface area contributed by atoms with E-state index < -0.39 is 0 Å². The molecule has 1 unspecified atom stereocenters. The predicted octanol–water partition coefficient (Wildman–Crippen LogP) is 2.22. The van der Waals surface area contributed by atoms with E-state index in [4.69, 9.17) is 4.74 Å². The number of anilines is 1. The van der Waals surface area contributed by atoms with Crippen molar-refractivity contribution >= 4 is 5.82 Å². The molecule has 94 valence electrons. The molecule has 1 aliphatic rings. The first-order chi connectivity index (χ1) is 8.19. The third-order valence-electron chi connectivity index (χ3n) is 2.96. The van der Waals surface area contributed by atoms with Crippen LogP contribution in [0.15, 0.2) is 6.07 Å². The molecule has 4 nitrogen and oxygen atoms in total. The lowest BCUT2D eigenvalue weighted by Crippen LogP contribution is -2.10. The molecule has 0 bridgehead atoms. The van der Waals surface area contributed by atoms with Crippen molar-refractivity contribution in [3.05, 3.63) is 17.6 Å². The average Bonchev–Trinajstić information content (AvgIpc) is 2.81. The van der Waals surface area contributed by atoms with Crippen LogP contribution in [-0.4, -0.2) is 30.2 Å². The van der Waals surface area contributed by atoms with E-state index in [1.807, 2.05) is 13.1 Å². The largest absolute Gasteiger partial charge is 0.381 e. The quantitative estimate of drug-likeness (QED) is 0.869. The van der Waals surface area contributed by atoms with Gasteiger partial charge in [-0.15, -0.1) is 0 Å². The minimum Gasteiger partial charge on any atom is -0.381 e. The van der Waals surface area contributed by atoms with Gasteiger partial charge in [0.2, 0.25) is 0 Å². The Hall–Kier alpha value is -1.16. The summed E-state index contributed by atoms with van der Waals surface area (Å²) in [5.74, 6) is 2.83. The van der Waals surface area contributed by atoms with Crippen LogP contribution >= 0.6 is 0 Å². The molecule has 17 heavy (non-hydrogen) atoms. The molecule has 0 spiro atoms. The molecule has 1 N–H and O–H groups in total. The Balaban J connectivity index is 2.24. The summed E-state index contributed by atoms with van der Waals surface area (Å²) in [5, 5.41) is 3.11. The van der Waals surface area contributed by atoms with Gasteiger partial charge in [-0.3, -0.25) is 0 Å². The highest BCUT2D eigenvalue weighted by molar-refractivity contribution is 5.36. The summed E-state index contributed by atoms with van der Waals surface area (Å²) in [7, 11) is 1.90. The molecule has 0 amide bonds. The minimum atomic E-state index is 0.370. The molecule has 1 atom stereocenters. The minimum absolute atomic E-state index is 0.370. The smallest absolute Gasteiger partial charge is 0.136 e. The normalized spacial score (nSPS) is 19.9. The van der Waals surface area contributed by atoms with Crippen molar-refractivity contribution in [2.24, 2.45) is 5.92 Å². The first kappa shape index (κ1) is 12.3. The van der Waals surface area contributed by atoms with Crippen molar-refractivity contribution in [1.82, 2.24) is 9.97 Å². The van der Waals surface area contributed by atoms with E-state index in [2.05, 4.69) is 29.1 Å². The molecule has 4 heteroatoms. The number of nitrogens with zero attached hydrogens (tertiary/aromatic N) is 2. The van der Waals surface area contributed by atoms with Gasteiger partial charge in [-0.25, -0.2) is 9.97 Å². The zero-order valence-corrected chi connectivity index (χ0v) is 10.9. The Kier molecular flexibility index (Phi) is 3.94. The van der Waals surface area contributed by atoms with E-state index >= 15 is 0 Å². The number of nitrogens with one attached hydrogen (secondary N) is 1. The molecule has 2 rings (SSSR count). The Morgan fingerprint density at radius 3 is 2.88 bits per heavy atom. The van der Waals surface area contributed by atoms with Crippen LogP contribution in [0.3, 0.4) is 0 Å². The first-order valence-electron chi connectivity index (χ1n) is 6.32. The van der Waals surface area contributed by atoms with Crippen LogP contribution in [0.1, 0.15) is 37.7 Å². The maximum atomic E-state index is 5.41. The highest BCUT2D eigenvalue weighted by Gasteiger charge is 2.21. The van der Waals surface area contributed by atoms with Crippen LogP contribution in [0.4, 0.5) is 5.82 Å². The van der Waals surface area contributed by atoms with Crippen LogP contribution in [0.2, 0.25) is 0 Å². The van der Waals surface area contributed by atoms with Crippen LogP contribution in [-0.2, 0) is 11.2 Å². The maximum absolute atomic E-state index is 5.41. The van der Waals surface area contributed by atoms with Crippen molar-refractivity contribution in [1.29, 1.82) is 0 Å². The van der Waals surface area contributed by atoms with Gasteiger partial charge in [0.1, 0.15) is 11.6 Å². The fourth-order valence-corrected chi connectivity index (χ4v) is 2.09. The summed E-state index contributed by atoms with van der Waals surface area (Å²) in [6, 6.07) is 2.04. The van der Waals surface area contributed by atoms with Crippen LogP contribution in [0, 0.1) is 5.92 Å². The van der Waals surface area contributed by atoms with Gasteiger partial charge >= 0.3 is 0 Å². The van der Waals surface area contributed by atoms with E-state index in [0.29, 0.717) is 11.8 Å². The Labute approximate surface area is 103 Å². The molecular weight excluding hydrogens is 214 g/mol. The third-order valence-corrected chi connectivity index (χ3v) is 2.96. The van der Waals surface area contributed by atoms with Gasteiger partial charge in [-0.2, -0.15) is 0 Å². The van der Waals surface area contributed by atoms with E-state index in [1.165, 1.54) is 0 Å². The van der Waals surface area contributed by atoms with Crippen molar-refractivity contribution in [3.63, 3.8) is 0 Å². The molecule has 0 saturated carbocycles. The lowest BCUT2D eigenvalue weighted by Gasteiger charge is -2.12. The summed E-state index contributed by atoms with van der Waals surface area (Å²) in [6.45, 7) is 6.00. The van der Waals surface area contributed by atoms with Crippen molar-refractivity contribution < 1.29 is 4.74 Å². The molecule has 2 heterocycles. The fourth-order valence-electron chi connectivity index (χ4n) is 2.09. The molecule has 0 radical (unpaired) electrons. The second-order valence-corrected chi connectivity index (χ2v) is 5.01. The second-order valence-electron chi connectivity index (χ2n) is 5.01. The van der Waals surface area contributed by atoms with Gasteiger partial charge in [0.25, 0.3) is 0 Å². The summed E-state index contributed by atoms with van der Waals surface area (Å²) in [5.41, 5.74) is 1.13. The molecule has 1 aromatic rings. The zero-order chi connectivity index (χ0) is 12.3. The zero-order valence-electron chi connectivity index (χ0n) is 10.9. The predicted molar refractivity (Wildman–Crippen MR) is 68.3 cm³/mol. The highest BCUT2D eigenvalue weighted by Crippen LogP contribution is 2.24. The van der Waals surface area contributed by atoms with Crippen molar-refractivity contribution in [2.75, 3.05) is 25.6 Å². The third kappa shape index (κ3) is 3.16. The Bertz CT molecular complexity index is 373. The molecular formula is C13H21N3O. The van der Waals surface area contributed by atoms with Gasteiger partial charge < -0.3 is 10.1 Å². The van der Waals surface area contributed by atoms with E-state index in [0.717, 1.165) is 43.4 Å². The van der Waals surface area contributed by atoms with Gasteiger partial charge in [-0.05, 0) is 18.8 Å². The van der Waals surface area contributed by atoms with E-state index in [9.17, 15) is 0 Å². The standard InChI is InChI=1S/C13H21N3O/c1-9(2)6-11-7-12(14-3)16-13(15-11)10-4-5-17-8-10/h7,9-10H,4-6,8H2,1-3H3,(H,14,15,16). The molecule has 1 aliphatic heterocycles. The second kappa shape index (κ2) is 5.45. The fraction of sp³-hybridized carbons (Fsp3) is 0.692. The number of aromatic nitrogens is 2. The topological polar surface area (TPSA) is 47.0 Å². The molecule has 0 aromatic carbocycles. The van der Waals surface area contributed by atoms with Gasteiger partial charge in [0.05, 0.1) is 6.61 Å². The van der Waals surface area contributed by atoms with Crippen LogP contribution in [0.25, 0.3) is 0 Å². The average molecular weight is 235 g/mol. The van der Waals surface area contributed by atoms with Gasteiger partial charge in [-0.1, -0.05) is 13.8 Å². The van der Waals surface area contributed by atoms with Crippen molar-refractivity contribution in [3.8, 4) is 0 Å². The number of hydrogen-bond donors (Lipinski definition) is 1. The Morgan fingerprint density at radius 2 is 2.29 bits per heavy atom. The molecule has 1 aromatic heterocycles. The summed E-state index contributed by atoms with van der Waals surface area (Å²) < 4.78 is 5.41. The van der Waals surface area contributed by atoms with Gasteiger partial charge in [0, 0.05) is 31.3 Å². The molecule has 1 fully saturated rings. The molecule has 1 saturated heterocycles. The highest BCUT2D eigenvalue weighted by atomic mass is 16.5. The lowest BCUT2D eigenvalue weighted by molar-refractivity contribution is 0.193. The number of hydrogen-bond acceptors (Lipinski definition) is 4. The van der Waals surface area contributed by atoms with Crippen LogP contribution < -0.4 is 5.32 Å². The first-order valence-corrected chi connectivity index (χ1v) is 6.32. The number of rotatable bonds is 4. The van der Waals surface area contributed by atoms with E-state index in [-0.39, 0.29) is 0 Å². The van der Waals surface area contributed by atoms with Crippen LogP contribution in [0.5, 0.6) is 0 Å². The number of ether oxygens (including phenoxy) is 1. The lowest BCUT2D eigenvalue weighted by atomic mass is 10.1. The SMILES string of the molecule is CNc1cc(CC(C)C)nc(C2CCOC2)n1. The summed E-state index contributed by atoms with van der Waals surface area (Å²) >= 11 is 0.